The van der Waals surface area contributed by atoms with Crippen molar-refractivity contribution in [3.8, 4) is 0 Å². The lowest BCUT2D eigenvalue weighted by Crippen LogP contribution is -2.81. The molecule has 0 spiro atoms. The van der Waals surface area contributed by atoms with Crippen molar-refractivity contribution >= 4 is 47.4 Å². The summed E-state index contributed by atoms with van der Waals surface area (Å²) in [4.78, 5) is 107. The average molecular weight is 1170 g/mol. The Morgan fingerprint density at radius 1 is 0.524 bits per heavy atom. The van der Waals surface area contributed by atoms with E-state index in [1.54, 1.807) is 97.0 Å². The molecule has 2 unspecified atom stereocenters. The van der Waals surface area contributed by atoms with Crippen molar-refractivity contribution in [3.05, 3.63) is 94.1 Å². The summed E-state index contributed by atoms with van der Waals surface area (Å²) in [6, 6.07) is 16.3. The van der Waals surface area contributed by atoms with E-state index >= 15 is 0 Å². The highest BCUT2D eigenvalue weighted by Gasteiger charge is 2.80. The smallest absolute Gasteiger partial charge is 0.338 e. The van der Waals surface area contributed by atoms with E-state index in [1.807, 2.05) is 6.92 Å². The predicted molar refractivity (Wildman–Crippen MR) is 293 cm³/mol. The quantitative estimate of drug-likeness (QED) is 0.137. The minimum absolute atomic E-state index is 0.0874. The number of benzene rings is 2. The van der Waals surface area contributed by atoms with Crippen molar-refractivity contribution in [3.63, 3.8) is 0 Å². The van der Waals surface area contributed by atoms with Crippen LogP contribution in [0.3, 0.4) is 0 Å². The van der Waals surface area contributed by atoms with Gasteiger partial charge in [0.25, 0.3) is 0 Å². The van der Waals surface area contributed by atoms with Gasteiger partial charge in [-0.2, -0.15) is 0 Å². The normalized spacial score (nSPS) is 40.4. The summed E-state index contributed by atoms with van der Waals surface area (Å²) in [7, 11) is 0. The molecule has 0 radical (unpaired) electrons. The monoisotopic (exact) mass is 1170 g/mol. The van der Waals surface area contributed by atoms with Crippen LogP contribution in [0.25, 0.3) is 0 Å². The van der Waals surface area contributed by atoms with Crippen LogP contribution in [0.4, 0.5) is 0 Å². The van der Waals surface area contributed by atoms with Crippen LogP contribution in [0, 0.1) is 39.4 Å². The molecule has 84 heavy (non-hydrogen) atoms. The van der Waals surface area contributed by atoms with Gasteiger partial charge in [-0.25, -0.2) is 9.59 Å². The van der Waals surface area contributed by atoms with Crippen LogP contribution in [-0.2, 0) is 66.7 Å². The Morgan fingerprint density at radius 3 is 1.23 bits per heavy atom. The number of hydrogen-bond donors (Lipinski definition) is 5. The summed E-state index contributed by atoms with van der Waals surface area (Å²) in [5.74, 6) is -8.51. The maximum atomic E-state index is 15.0. The second-order valence-electron chi connectivity index (χ2n) is 25.9. The van der Waals surface area contributed by atoms with Gasteiger partial charge in [0.1, 0.15) is 35.6 Å². The fourth-order valence-electron chi connectivity index (χ4n) is 16.1. The van der Waals surface area contributed by atoms with Gasteiger partial charge in [-0.15, -0.1) is 0 Å². The molecule has 2 aliphatic heterocycles. The molecule has 0 amide bonds. The fraction of sp³-hybridized carbons (Fsp3) is 0.619. The van der Waals surface area contributed by atoms with Gasteiger partial charge in [-0.05, 0) is 79.7 Å². The molecule has 18 atom stereocenters. The third kappa shape index (κ3) is 9.11. The molecule has 8 aliphatic rings. The van der Waals surface area contributed by atoms with Crippen molar-refractivity contribution in [1.29, 1.82) is 0 Å². The van der Waals surface area contributed by atoms with Crippen molar-refractivity contribution in [2.24, 2.45) is 39.4 Å². The molecule has 10 rings (SSSR count). The number of carbonyl (C=O) groups is 8. The molecular weight excluding hydrogens is 1090 g/mol. The van der Waals surface area contributed by atoms with Crippen LogP contribution in [0.5, 0.6) is 0 Å². The summed E-state index contributed by atoms with van der Waals surface area (Å²) in [6.45, 7) is 19.4. The lowest BCUT2D eigenvalue weighted by molar-refractivity contribution is -0.345. The summed E-state index contributed by atoms with van der Waals surface area (Å²) < 4.78 is 47.5. The minimum atomic E-state index is -2.11. The predicted octanol–water partition coefficient (Wildman–Crippen LogP) is 4.58. The Balaban J connectivity index is 0.000000202. The standard InChI is InChI=1S/C32H40O10.C31H38O11/c1-16-13-22-31(15-39-22,42-19(4)34)25-27(41-28(37)20-11-9-8-10-12-20)32(38)14-21(35)17(2)23(29(32,5)6)24(40-18(3)33)26(36)30(16,25)7;1-15-19(34)13-31(38)26(41-27(37)18-10-8-7-9-11-18)24-29(6,20(35)12-21-30(24,14-39-21)42-17(3)33)25(36)23(40-16(2)32)22(15)28(31,4)5/h8-12,16,21-22,24-25,27,35,38H,13-15H2,1-7H3;7-11,19-21,23-24,26,34-35,38H,12-14H2,1-6H3/t16-,21-,22+,24+,25?,27-,30+,31-,32+;19-,20-,21+,23+,24?,26-,29+,30-,31+/m00/s1. The molecule has 0 aromatic heterocycles. The van der Waals surface area contributed by atoms with E-state index in [9.17, 15) is 63.9 Å². The molecule has 21 heteroatoms. The molecule has 2 saturated heterocycles. The molecule has 456 valence electrons. The number of Topliss-reactive ketones (excluding diaryl/α,β-unsaturated/α-hetero) is 2. The number of rotatable bonds is 8. The zero-order chi connectivity index (χ0) is 62.0. The van der Waals surface area contributed by atoms with Crippen molar-refractivity contribution in [2.45, 2.75) is 193 Å². The molecule has 5 N–H and O–H groups in total. The molecule has 21 nitrogen and oxygen atoms in total. The number of hydrogen-bond acceptors (Lipinski definition) is 21. The highest BCUT2D eigenvalue weighted by Crippen LogP contribution is 2.67. The molecule has 6 aliphatic carbocycles. The topological polar surface area (TPSA) is 312 Å². The Hall–Kier alpha value is -6.20. The molecule has 4 saturated carbocycles. The average Bonchev–Trinajstić information content (AvgIpc) is 0.734. The molecular formula is C63H78O21. The van der Waals surface area contributed by atoms with Gasteiger partial charge in [0.15, 0.2) is 35.0 Å². The van der Waals surface area contributed by atoms with E-state index in [2.05, 4.69) is 0 Å². The SMILES string of the molecule is CC(=O)O[C@H]1C(=O)[C@@]2(C)C([C@H](OC(=O)c3ccccc3)[C@]3(O)C[C@H](O)C(C)=C1C3(C)C)[C@]1(OC(C)=O)CO[C@@H]1C[C@@H]2C.CC(=O)O[C@H]1C(=O)[C@@]2(C)C([C@H](OC(=O)c3ccccc3)[C@]3(O)C[C@H](O)C(C)=C1C3(C)C)[C@]1(OC(C)=O)CO[C@@H]1C[C@@H]2O. The number of esters is 6. The first-order chi connectivity index (χ1) is 39.0. The molecule has 6 fully saturated rings. The van der Waals surface area contributed by atoms with Crippen molar-refractivity contribution in [1.82, 2.24) is 0 Å². The Bertz CT molecular complexity index is 2910. The van der Waals surface area contributed by atoms with Crippen molar-refractivity contribution in [2.75, 3.05) is 13.2 Å². The highest BCUT2D eigenvalue weighted by atomic mass is 16.6. The Morgan fingerprint density at radius 2 is 0.881 bits per heavy atom. The maximum absolute atomic E-state index is 15.0. The third-order valence-electron chi connectivity index (χ3n) is 20.9. The second kappa shape index (κ2) is 21.3. The number of ether oxygens (including phenoxy) is 8. The van der Waals surface area contributed by atoms with Gasteiger partial charge >= 0.3 is 35.8 Å². The Kier molecular flexibility index (Phi) is 15.8. The Labute approximate surface area is 487 Å². The van der Waals surface area contributed by atoms with E-state index in [1.165, 1.54) is 39.8 Å². The van der Waals surface area contributed by atoms with E-state index in [0.29, 0.717) is 17.6 Å². The zero-order valence-corrected chi connectivity index (χ0v) is 49.7. The fourth-order valence-corrected chi connectivity index (χ4v) is 16.1. The van der Waals surface area contributed by atoms with Gasteiger partial charge < -0.3 is 63.4 Å². The summed E-state index contributed by atoms with van der Waals surface area (Å²) in [5, 5.41) is 60.1. The van der Waals surface area contributed by atoms with Crippen LogP contribution >= 0.6 is 0 Å². The van der Waals surface area contributed by atoms with Crippen LogP contribution in [0.2, 0.25) is 0 Å². The van der Waals surface area contributed by atoms with E-state index in [0.717, 1.165) is 6.92 Å². The largest absolute Gasteiger partial charge is 0.455 e. The number of carbonyl (C=O) groups excluding carboxylic acids is 8. The summed E-state index contributed by atoms with van der Waals surface area (Å²) in [5.41, 5.74) is -11.7. The second-order valence-corrected chi connectivity index (χ2v) is 25.9. The van der Waals surface area contributed by atoms with Crippen LogP contribution in [-0.4, -0.2) is 163 Å². The number of aliphatic hydroxyl groups excluding tert-OH is 3. The molecule has 2 aromatic rings. The number of ketones is 2. The maximum Gasteiger partial charge on any atom is 0.338 e. The van der Waals surface area contributed by atoms with Gasteiger partial charge in [0.05, 0.1) is 59.9 Å². The van der Waals surface area contributed by atoms with Gasteiger partial charge in [0, 0.05) is 63.2 Å². The molecule has 2 aromatic carbocycles. The van der Waals surface area contributed by atoms with Crippen LogP contribution in [0.15, 0.2) is 83.0 Å². The molecule has 4 bridgehead atoms. The number of fused-ring (bicyclic) bond motifs is 10. The molecule has 2 heterocycles. The zero-order valence-electron chi connectivity index (χ0n) is 49.7. The van der Waals surface area contributed by atoms with E-state index in [-0.39, 0.29) is 54.7 Å². The highest BCUT2D eigenvalue weighted by molar-refractivity contribution is 5.97. The lowest BCUT2D eigenvalue weighted by Gasteiger charge is -2.68. The van der Waals surface area contributed by atoms with Gasteiger partial charge in [-0.3, -0.25) is 28.8 Å². The van der Waals surface area contributed by atoms with Gasteiger partial charge in [0.2, 0.25) is 0 Å². The van der Waals surface area contributed by atoms with Crippen molar-refractivity contribution < 1.29 is 102 Å². The first-order valence-corrected chi connectivity index (χ1v) is 28.5. The van der Waals surface area contributed by atoms with Crippen LogP contribution < -0.4 is 0 Å². The third-order valence-corrected chi connectivity index (χ3v) is 20.9. The first-order valence-electron chi connectivity index (χ1n) is 28.5. The summed E-state index contributed by atoms with van der Waals surface area (Å²) >= 11 is 0. The first kappa shape index (κ1) is 62.3. The van der Waals surface area contributed by atoms with Crippen LogP contribution in [0.1, 0.15) is 136 Å². The van der Waals surface area contributed by atoms with E-state index < -0.39 is 164 Å². The lowest BCUT2D eigenvalue weighted by atomic mass is 9.43. The number of aliphatic hydroxyl groups is 5. The minimum Gasteiger partial charge on any atom is -0.455 e. The van der Waals surface area contributed by atoms with E-state index in [4.69, 9.17) is 37.9 Å². The van der Waals surface area contributed by atoms with Gasteiger partial charge in [-0.1, -0.05) is 77.9 Å². The summed E-state index contributed by atoms with van der Waals surface area (Å²) in [6.07, 6.45) is -11.9.